The first-order valence-corrected chi connectivity index (χ1v) is 4.72. The van der Waals surface area contributed by atoms with Crippen molar-refractivity contribution in [3.8, 4) is 0 Å². The minimum Gasteiger partial charge on any atom is -0.481 e. The lowest BCUT2D eigenvalue weighted by Gasteiger charge is -2.19. The number of benzene rings is 1. The average Bonchev–Trinajstić information content (AvgIpc) is 2.97. The second-order valence-electron chi connectivity index (χ2n) is 3.91. The second-order valence-corrected chi connectivity index (χ2v) is 3.91. The summed E-state index contributed by atoms with van der Waals surface area (Å²) in [6.45, 7) is 0. The lowest BCUT2D eigenvalue weighted by molar-refractivity contribution is -0.144. The molecule has 0 spiro atoms. The van der Waals surface area contributed by atoms with E-state index in [4.69, 9.17) is 10.8 Å². The Morgan fingerprint density at radius 1 is 1.67 bits per heavy atom. The highest BCUT2D eigenvalue weighted by molar-refractivity contribution is 5.79. The molecule has 79 valence electrons. The zero-order valence-electron chi connectivity index (χ0n) is 8.03. The molecule has 0 aromatic heterocycles. The summed E-state index contributed by atoms with van der Waals surface area (Å²) < 4.78 is 12.9. The highest BCUT2D eigenvalue weighted by Crippen LogP contribution is 2.54. The Bertz CT molecular complexity index is 401. The average molecular weight is 208 g/mol. The standard InChI is InChI=1S/C11H11FNO2/c12-8-3-1-2-7(6-8)9(13)11(4-5-11)10(14)15/h1-2,6,9H,4-5,13H2,(H,14,15). The monoisotopic (exact) mass is 208 g/mol. The Labute approximate surface area is 86.7 Å². The van der Waals surface area contributed by atoms with E-state index in [0.717, 1.165) is 0 Å². The van der Waals surface area contributed by atoms with Crippen molar-refractivity contribution in [2.24, 2.45) is 11.1 Å². The van der Waals surface area contributed by atoms with Crippen LogP contribution < -0.4 is 5.73 Å². The molecule has 1 aliphatic carbocycles. The van der Waals surface area contributed by atoms with E-state index in [1.165, 1.54) is 12.1 Å². The minimum atomic E-state index is -0.900. The van der Waals surface area contributed by atoms with Crippen LogP contribution in [0.4, 0.5) is 4.39 Å². The molecule has 1 aliphatic rings. The van der Waals surface area contributed by atoms with Gasteiger partial charge in [0.1, 0.15) is 5.82 Å². The van der Waals surface area contributed by atoms with Gasteiger partial charge in [0, 0.05) is 12.1 Å². The van der Waals surface area contributed by atoms with Gasteiger partial charge in [-0.2, -0.15) is 0 Å². The lowest BCUT2D eigenvalue weighted by atomic mass is 9.91. The van der Waals surface area contributed by atoms with E-state index < -0.39 is 23.2 Å². The van der Waals surface area contributed by atoms with Gasteiger partial charge in [-0.1, -0.05) is 12.1 Å². The predicted molar refractivity (Wildman–Crippen MR) is 51.5 cm³/mol. The van der Waals surface area contributed by atoms with E-state index in [-0.39, 0.29) is 0 Å². The molecule has 15 heavy (non-hydrogen) atoms. The molecule has 1 atom stereocenters. The molecule has 1 radical (unpaired) electrons. The summed E-state index contributed by atoms with van der Waals surface area (Å²) in [4.78, 5) is 11.0. The van der Waals surface area contributed by atoms with Gasteiger partial charge in [0.15, 0.2) is 0 Å². The van der Waals surface area contributed by atoms with Gasteiger partial charge in [-0.25, -0.2) is 4.39 Å². The number of aliphatic carboxylic acids is 1. The molecule has 2 rings (SSSR count). The molecule has 3 N–H and O–H groups in total. The Morgan fingerprint density at radius 2 is 2.33 bits per heavy atom. The minimum absolute atomic E-state index is 0.510. The highest BCUT2D eigenvalue weighted by atomic mass is 19.1. The van der Waals surface area contributed by atoms with Crippen LogP contribution in [0, 0.1) is 17.3 Å². The number of nitrogens with two attached hydrogens (primary N) is 1. The van der Waals surface area contributed by atoms with Crippen molar-refractivity contribution >= 4 is 5.97 Å². The quantitative estimate of drug-likeness (QED) is 0.791. The van der Waals surface area contributed by atoms with Gasteiger partial charge >= 0.3 is 5.97 Å². The lowest BCUT2D eigenvalue weighted by Crippen LogP contribution is -2.29. The third kappa shape index (κ3) is 1.61. The molecule has 0 amide bonds. The van der Waals surface area contributed by atoms with E-state index in [1.807, 2.05) is 0 Å². The van der Waals surface area contributed by atoms with Crippen molar-refractivity contribution in [1.82, 2.24) is 0 Å². The molecule has 0 heterocycles. The van der Waals surface area contributed by atoms with Crippen molar-refractivity contribution in [1.29, 1.82) is 0 Å². The van der Waals surface area contributed by atoms with Crippen molar-refractivity contribution in [3.63, 3.8) is 0 Å². The fraction of sp³-hybridized carbons (Fsp3) is 0.364. The summed E-state index contributed by atoms with van der Waals surface area (Å²) in [5, 5.41) is 9.02. The molecule has 1 unspecified atom stereocenters. The van der Waals surface area contributed by atoms with Gasteiger partial charge < -0.3 is 10.8 Å². The number of hydrogen-bond acceptors (Lipinski definition) is 2. The topological polar surface area (TPSA) is 63.3 Å². The molecule has 0 aliphatic heterocycles. The zero-order valence-corrected chi connectivity index (χ0v) is 8.03. The summed E-state index contributed by atoms with van der Waals surface area (Å²) in [5.74, 6) is -1.41. The molecule has 0 saturated heterocycles. The van der Waals surface area contributed by atoms with Crippen LogP contribution in [0.2, 0.25) is 0 Å². The molecule has 3 nitrogen and oxygen atoms in total. The summed E-state index contributed by atoms with van der Waals surface area (Å²) in [5.41, 5.74) is 5.48. The van der Waals surface area contributed by atoms with Gasteiger partial charge in [-0.05, 0) is 24.5 Å². The summed E-state index contributed by atoms with van der Waals surface area (Å²) >= 11 is 0. The van der Waals surface area contributed by atoms with E-state index in [2.05, 4.69) is 6.07 Å². The first-order chi connectivity index (χ1) is 7.06. The van der Waals surface area contributed by atoms with Gasteiger partial charge in [0.25, 0.3) is 0 Å². The fourth-order valence-electron chi connectivity index (χ4n) is 1.76. The van der Waals surface area contributed by atoms with Crippen LogP contribution >= 0.6 is 0 Å². The molecular weight excluding hydrogens is 197 g/mol. The smallest absolute Gasteiger partial charge is 0.311 e. The Kier molecular flexibility index (Phi) is 2.23. The van der Waals surface area contributed by atoms with E-state index >= 15 is 0 Å². The maximum Gasteiger partial charge on any atom is 0.311 e. The van der Waals surface area contributed by atoms with Crippen molar-refractivity contribution in [2.75, 3.05) is 0 Å². The van der Waals surface area contributed by atoms with Crippen LogP contribution in [-0.4, -0.2) is 11.1 Å². The van der Waals surface area contributed by atoms with E-state index in [0.29, 0.717) is 18.4 Å². The van der Waals surface area contributed by atoms with Crippen LogP contribution in [0.3, 0.4) is 0 Å². The Morgan fingerprint density at radius 3 is 2.80 bits per heavy atom. The molecule has 1 saturated carbocycles. The SMILES string of the molecule is NC(c1cc[c]c(F)c1)C1(C(=O)O)CC1. The van der Waals surface area contributed by atoms with E-state index in [9.17, 15) is 9.18 Å². The van der Waals surface area contributed by atoms with Gasteiger partial charge in [0.2, 0.25) is 0 Å². The van der Waals surface area contributed by atoms with Crippen LogP contribution in [0.15, 0.2) is 18.2 Å². The van der Waals surface area contributed by atoms with Gasteiger partial charge in [0.05, 0.1) is 5.41 Å². The van der Waals surface area contributed by atoms with Gasteiger partial charge in [-0.15, -0.1) is 0 Å². The van der Waals surface area contributed by atoms with Crippen LogP contribution in [0.5, 0.6) is 0 Å². The zero-order chi connectivity index (χ0) is 11.1. The van der Waals surface area contributed by atoms with Crippen LogP contribution in [-0.2, 0) is 4.79 Å². The third-order valence-corrected chi connectivity index (χ3v) is 2.96. The molecule has 0 bridgehead atoms. The first kappa shape index (κ1) is 10.1. The van der Waals surface area contributed by atoms with E-state index in [1.54, 1.807) is 6.07 Å². The van der Waals surface area contributed by atoms with Crippen molar-refractivity contribution in [2.45, 2.75) is 18.9 Å². The fourth-order valence-corrected chi connectivity index (χ4v) is 1.76. The van der Waals surface area contributed by atoms with Gasteiger partial charge in [-0.3, -0.25) is 4.79 Å². The maximum absolute atomic E-state index is 12.9. The summed E-state index contributed by atoms with van der Waals surface area (Å²) in [6, 6.07) is 5.99. The predicted octanol–water partition coefficient (Wildman–Crippen LogP) is 1.49. The highest BCUT2D eigenvalue weighted by Gasteiger charge is 2.55. The van der Waals surface area contributed by atoms with Crippen molar-refractivity contribution in [3.05, 3.63) is 35.6 Å². The largest absolute Gasteiger partial charge is 0.481 e. The Hall–Kier alpha value is -1.42. The normalized spacial score (nSPS) is 19.6. The number of rotatable bonds is 3. The molecular formula is C11H11FNO2. The van der Waals surface area contributed by atoms with Crippen LogP contribution in [0.1, 0.15) is 24.4 Å². The Balaban J connectivity index is 2.29. The number of halogens is 1. The summed E-state index contributed by atoms with van der Waals surface area (Å²) in [7, 11) is 0. The van der Waals surface area contributed by atoms with Crippen LogP contribution in [0.25, 0.3) is 0 Å². The number of hydrogen-bond donors (Lipinski definition) is 2. The molecule has 4 heteroatoms. The summed E-state index contributed by atoms with van der Waals surface area (Å²) in [6.07, 6.45) is 1.12. The molecule has 1 aromatic rings. The third-order valence-electron chi connectivity index (χ3n) is 2.96. The number of carbonyl (C=O) groups is 1. The second kappa shape index (κ2) is 3.31. The number of carboxylic acid groups (broad SMARTS) is 1. The number of carboxylic acids is 1. The molecule has 1 fully saturated rings. The van der Waals surface area contributed by atoms with Crippen molar-refractivity contribution < 1.29 is 14.3 Å². The molecule has 1 aromatic carbocycles. The first-order valence-electron chi connectivity index (χ1n) is 4.72. The maximum atomic E-state index is 12.9.